The lowest BCUT2D eigenvalue weighted by Gasteiger charge is -2.10. The summed E-state index contributed by atoms with van der Waals surface area (Å²) < 4.78 is 2.66. The quantitative estimate of drug-likeness (QED) is 0.705. The third-order valence-electron chi connectivity index (χ3n) is 3.15. The molecule has 0 amide bonds. The first-order valence-electron chi connectivity index (χ1n) is 6.17. The summed E-state index contributed by atoms with van der Waals surface area (Å²) >= 11 is 9.52. The fraction of sp³-hybridized carbons (Fsp3) is 0.0714. The average molecular weight is 365 g/mol. The molecule has 0 aliphatic heterocycles. The summed E-state index contributed by atoms with van der Waals surface area (Å²) in [6.45, 7) is 1.99. The Morgan fingerprint density at radius 1 is 1.24 bits per heavy atom. The van der Waals surface area contributed by atoms with Crippen molar-refractivity contribution in [3.8, 4) is 17.1 Å². The van der Waals surface area contributed by atoms with Gasteiger partial charge in [0.05, 0.1) is 16.4 Å². The van der Waals surface area contributed by atoms with E-state index >= 15 is 0 Å². The van der Waals surface area contributed by atoms with Crippen molar-refractivity contribution in [1.29, 1.82) is 0 Å². The Morgan fingerprint density at radius 2 is 2.05 bits per heavy atom. The molecule has 0 spiro atoms. The first-order chi connectivity index (χ1) is 10.1. The van der Waals surface area contributed by atoms with Crippen molar-refractivity contribution in [2.75, 3.05) is 5.73 Å². The molecule has 0 aliphatic rings. The Bertz CT molecular complexity index is 815. The van der Waals surface area contributed by atoms with Gasteiger partial charge in [-0.3, -0.25) is 0 Å². The van der Waals surface area contributed by atoms with Crippen LogP contribution in [0, 0.1) is 6.92 Å². The van der Waals surface area contributed by atoms with Gasteiger partial charge in [-0.05, 0) is 53.2 Å². The van der Waals surface area contributed by atoms with E-state index < -0.39 is 0 Å². The topological polar surface area (TPSA) is 69.6 Å². The fourth-order valence-corrected chi connectivity index (χ4v) is 2.76. The number of rotatable bonds is 2. The van der Waals surface area contributed by atoms with E-state index in [-0.39, 0.29) is 0 Å². The zero-order chi connectivity index (χ0) is 15.0. The van der Waals surface area contributed by atoms with Gasteiger partial charge in [-0.2, -0.15) is 4.68 Å². The predicted octanol–water partition coefficient (Wildman–Crippen LogP) is 3.64. The minimum Gasteiger partial charge on any atom is -0.397 e. The maximum Gasteiger partial charge on any atom is 0.189 e. The molecule has 5 nitrogen and oxygen atoms in total. The van der Waals surface area contributed by atoms with E-state index in [1.807, 2.05) is 37.3 Å². The summed E-state index contributed by atoms with van der Waals surface area (Å²) in [7, 11) is 0. The van der Waals surface area contributed by atoms with Crippen LogP contribution in [0.5, 0.6) is 0 Å². The second-order valence-electron chi connectivity index (χ2n) is 4.55. The van der Waals surface area contributed by atoms with Crippen LogP contribution in [0.25, 0.3) is 17.1 Å². The van der Waals surface area contributed by atoms with Crippen LogP contribution < -0.4 is 5.73 Å². The predicted molar refractivity (Wildman–Crippen MR) is 86.4 cm³/mol. The third-order valence-corrected chi connectivity index (χ3v) is 3.97. The van der Waals surface area contributed by atoms with E-state index in [0.717, 1.165) is 15.7 Å². The van der Waals surface area contributed by atoms with Gasteiger partial charge in [-0.25, -0.2) is 0 Å². The van der Waals surface area contributed by atoms with Crippen molar-refractivity contribution in [1.82, 2.24) is 20.2 Å². The van der Waals surface area contributed by atoms with Crippen LogP contribution in [0.2, 0.25) is 5.02 Å². The molecule has 2 aromatic carbocycles. The van der Waals surface area contributed by atoms with Crippen molar-refractivity contribution in [2.24, 2.45) is 0 Å². The van der Waals surface area contributed by atoms with Crippen LogP contribution >= 0.6 is 27.5 Å². The largest absolute Gasteiger partial charge is 0.397 e. The van der Waals surface area contributed by atoms with Crippen molar-refractivity contribution in [2.45, 2.75) is 6.92 Å². The first kappa shape index (κ1) is 14.0. The van der Waals surface area contributed by atoms with E-state index in [9.17, 15) is 0 Å². The first-order valence-corrected chi connectivity index (χ1v) is 7.34. The number of aryl methyl sites for hydroxylation is 1. The molecule has 0 saturated heterocycles. The molecule has 106 valence electrons. The van der Waals surface area contributed by atoms with E-state index in [2.05, 4.69) is 31.5 Å². The SMILES string of the molecule is Cc1cc(Br)ccc1-n1nnnc1-c1cccc(Cl)c1N. The summed E-state index contributed by atoms with van der Waals surface area (Å²) in [6, 6.07) is 11.3. The van der Waals surface area contributed by atoms with Crippen LogP contribution in [0.15, 0.2) is 40.9 Å². The summed E-state index contributed by atoms with van der Waals surface area (Å²) in [5.41, 5.74) is 9.13. The van der Waals surface area contributed by atoms with Crippen molar-refractivity contribution >= 4 is 33.2 Å². The van der Waals surface area contributed by atoms with E-state index in [4.69, 9.17) is 17.3 Å². The number of halogens is 2. The minimum atomic E-state index is 0.463. The standard InChI is InChI=1S/C14H11BrClN5/c1-8-7-9(15)5-6-12(8)21-14(18-19-20-21)10-3-2-4-11(16)13(10)17/h2-7H,17H2,1H3. The Hall–Kier alpha value is -1.92. The molecule has 0 saturated carbocycles. The zero-order valence-corrected chi connectivity index (χ0v) is 13.4. The molecule has 3 rings (SSSR count). The van der Waals surface area contributed by atoms with Crippen molar-refractivity contribution in [3.63, 3.8) is 0 Å². The number of aromatic nitrogens is 4. The molecule has 3 aromatic rings. The number of hydrogen-bond donors (Lipinski definition) is 1. The monoisotopic (exact) mass is 363 g/mol. The highest BCUT2D eigenvalue weighted by Gasteiger charge is 2.16. The van der Waals surface area contributed by atoms with Crippen molar-refractivity contribution < 1.29 is 0 Å². The number of para-hydroxylation sites is 1. The molecular weight excluding hydrogens is 354 g/mol. The van der Waals surface area contributed by atoms with Gasteiger partial charge in [0.1, 0.15) is 0 Å². The maximum atomic E-state index is 6.07. The second-order valence-corrected chi connectivity index (χ2v) is 5.87. The highest BCUT2D eigenvalue weighted by Crippen LogP contribution is 2.31. The third kappa shape index (κ3) is 2.52. The molecule has 0 atom stereocenters. The Balaban J connectivity index is 2.20. The minimum absolute atomic E-state index is 0.463. The van der Waals surface area contributed by atoms with Crippen LogP contribution in [-0.4, -0.2) is 20.2 Å². The van der Waals surface area contributed by atoms with E-state index in [1.165, 1.54) is 0 Å². The highest BCUT2D eigenvalue weighted by molar-refractivity contribution is 9.10. The van der Waals surface area contributed by atoms with Gasteiger partial charge in [-0.15, -0.1) is 5.10 Å². The van der Waals surface area contributed by atoms with Gasteiger partial charge >= 0.3 is 0 Å². The van der Waals surface area contributed by atoms with Gasteiger partial charge in [0, 0.05) is 10.0 Å². The molecule has 1 heterocycles. The van der Waals surface area contributed by atoms with Crippen LogP contribution in [0.3, 0.4) is 0 Å². The molecule has 0 unspecified atom stereocenters. The van der Waals surface area contributed by atoms with Gasteiger partial charge in [0.15, 0.2) is 5.82 Å². The summed E-state index contributed by atoms with van der Waals surface area (Å²) in [5, 5.41) is 12.4. The Morgan fingerprint density at radius 3 is 2.81 bits per heavy atom. The lowest BCUT2D eigenvalue weighted by molar-refractivity contribution is 0.787. The second kappa shape index (κ2) is 5.46. The van der Waals surface area contributed by atoms with Crippen LogP contribution in [-0.2, 0) is 0 Å². The summed E-state index contributed by atoms with van der Waals surface area (Å²) in [4.78, 5) is 0. The van der Waals surface area contributed by atoms with Gasteiger partial charge in [-0.1, -0.05) is 33.6 Å². The summed E-state index contributed by atoms with van der Waals surface area (Å²) in [5.74, 6) is 0.556. The van der Waals surface area contributed by atoms with E-state index in [0.29, 0.717) is 22.1 Å². The number of anilines is 1. The molecule has 0 fully saturated rings. The molecule has 7 heteroatoms. The molecule has 1 aromatic heterocycles. The fourth-order valence-electron chi connectivity index (χ4n) is 2.11. The lowest BCUT2D eigenvalue weighted by atomic mass is 10.1. The van der Waals surface area contributed by atoms with Crippen LogP contribution in [0.4, 0.5) is 5.69 Å². The number of nitrogens with two attached hydrogens (primary N) is 1. The van der Waals surface area contributed by atoms with Crippen LogP contribution in [0.1, 0.15) is 5.56 Å². The Labute approximate surface area is 134 Å². The van der Waals surface area contributed by atoms with Crippen molar-refractivity contribution in [3.05, 3.63) is 51.5 Å². The average Bonchev–Trinajstić information content (AvgIpc) is 2.91. The maximum absolute atomic E-state index is 6.07. The molecule has 2 N–H and O–H groups in total. The van der Waals surface area contributed by atoms with E-state index in [1.54, 1.807) is 10.7 Å². The smallest absolute Gasteiger partial charge is 0.189 e. The molecule has 0 aliphatic carbocycles. The summed E-state index contributed by atoms with van der Waals surface area (Å²) in [6.07, 6.45) is 0. The molecular formula is C14H11BrClN5. The number of nitrogen functional groups attached to an aromatic ring is 1. The number of hydrogen-bond acceptors (Lipinski definition) is 4. The van der Waals surface area contributed by atoms with Gasteiger partial charge in [0.25, 0.3) is 0 Å². The number of nitrogens with zero attached hydrogens (tertiary/aromatic N) is 4. The highest BCUT2D eigenvalue weighted by atomic mass is 79.9. The molecule has 21 heavy (non-hydrogen) atoms. The number of benzene rings is 2. The molecule has 0 radical (unpaired) electrons. The zero-order valence-electron chi connectivity index (χ0n) is 11.1. The lowest BCUT2D eigenvalue weighted by Crippen LogP contribution is -2.03. The normalized spacial score (nSPS) is 10.8. The Kier molecular flexibility index (Phi) is 3.65. The van der Waals surface area contributed by atoms with Gasteiger partial charge in [0.2, 0.25) is 0 Å². The van der Waals surface area contributed by atoms with Gasteiger partial charge < -0.3 is 5.73 Å². The number of tetrazole rings is 1. The molecule has 0 bridgehead atoms.